The van der Waals surface area contributed by atoms with E-state index in [-0.39, 0.29) is 17.1 Å². The molecule has 4 aromatic rings. The van der Waals surface area contributed by atoms with Crippen LogP contribution in [0.15, 0.2) is 48.8 Å². The second-order valence-corrected chi connectivity index (χ2v) is 10.8. The molecule has 2 unspecified atom stereocenters. The highest BCUT2D eigenvalue weighted by Crippen LogP contribution is 2.39. The van der Waals surface area contributed by atoms with Crippen LogP contribution in [0.4, 0.5) is 13.6 Å². The number of hydrogen-bond donors (Lipinski definition) is 2. The van der Waals surface area contributed by atoms with E-state index in [1.54, 1.807) is 24.4 Å². The van der Waals surface area contributed by atoms with Crippen molar-refractivity contribution in [2.75, 3.05) is 0 Å². The smallest absolute Gasteiger partial charge is 0.351 e. The number of nitrogens with zero attached hydrogens (tertiary/aromatic N) is 4. The molecule has 1 saturated carbocycles. The molecule has 2 aliphatic rings. The lowest BCUT2D eigenvalue weighted by atomic mass is 9.83. The van der Waals surface area contributed by atoms with Crippen LogP contribution in [0.3, 0.4) is 0 Å². The molecule has 202 valence electrons. The zero-order chi connectivity index (χ0) is 27.1. The van der Waals surface area contributed by atoms with Crippen molar-refractivity contribution in [1.82, 2.24) is 30.3 Å². The number of amides is 1. The van der Waals surface area contributed by atoms with E-state index in [1.807, 2.05) is 4.57 Å². The molecule has 2 N–H and O–H groups in total. The molecule has 1 amide bonds. The number of halogens is 3. The van der Waals surface area contributed by atoms with Gasteiger partial charge in [0.05, 0.1) is 21.7 Å². The Bertz CT molecular complexity index is 1540. The highest BCUT2D eigenvalue weighted by Gasteiger charge is 2.31. The molecule has 1 aliphatic carbocycles. The number of carbonyl (C=O) groups excluding carboxylic acids is 1. The summed E-state index contributed by atoms with van der Waals surface area (Å²) in [7, 11) is 0. The van der Waals surface area contributed by atoms with Gasteiger partial charge in [-0.25, -0.2) is 23.5 Å². The molecule has 6 rings (SSSR count). The molecule has 3 aromatic heterocycles. The lowest BCUT2D eigenvalue weighted by Crippen LogP contribution is -2.25. The number of aromatic nitrogens is 4. The van der Waals surface area contributed by atoms with Crippen LogP contribution in [0, 0.1) is 17.7 Å². The minimum atomic E-state index is -1.73. The Labute approximate surface area is 228 Å². The molecule has 4 heterocycles. The summed E-state index contributed by atoms with van der Waals surface area (Å²) in [6.45, 7) is 2.79. The van der Waals surface area contributed by atoms with Gasteiger partial charge in [-0.3, -0.25) is 10.3 Å². The van der Waals surface area contributed by atoms with Crippen LogP contribution in [0.5, 0.6) is 0 Å². The number of benzene rings is 1. The van der Waals surface area contributed by atoms with Gasteiger partial charge in [-0.1, -0.05) is 49.6 Å². The second-order valence-electron chi connectivity index (χ2n) is 10.3. The van der Waals surface area contributed by atoms with E-state index in [1.165, 1.54) is 24.4 Å². The number of pyridine rings is 1. The lowest BCUT2D eigenvalue weighted by Gasteiger charge is -2.28. The standard InChI is InChI=1S/C28H27ClF2N6O2/c1-15-6-8-16(9-7-15)14-37-22(23(31)19-4-2-3-5-20(19)30)11-21-25(37)24(17-10-18(29)13-32-12-17)34-26(33-21)27-35-28(38)39-36-27/h2-5,10-13,15-16,23,27,36H,6-9,14H2,1H3,(H,35,38). The quantitative estimate of drug-likeness (QED) is 0.287. The molecule has 1 saturated heterocycles. The molecule has 8 nitrogen and oxygen atoms in total. The molecule has 0 bridgehead atoms. The van der Waals surface area contributed by atoms with Gasteiger partial charge in [0.2, 0.25) is 0 Å². The third-order valence-corrected chi connectivity index (χ3v) is 7.78. The van der Waals surface area contributed by atoms with Gasteiger partial charge < -0.3 is 9.40 Å². The summed E-state index contributed by atoms with van der Waals surface area (Å²) in [6, 6.07) is 9.24. The average Bonchev–Trinajstić information content (AvgIpc) is 3.53. The van der Waals surface area contributed by atoms with Crippen LogP contribution in [-0.2, 0) is 11.4 Å². The molecule has 2 atom stereocenters. The number of alkyl halides is 1. The van der Waals surface area contributed by atoms with Crippen molar-refractivity contribution in [2.45, 2.75) is 51.5 Å². The van der Waals surface area contributed by atoms with Crippen LogP contribution in [0.25, 0.3) is 22.3 Å². The minimum absolute atomic E-state index is 0.0453. The Morgan fingerprint density at radius 1 is 1.15 bits per heavy atom. The van der Waals surface area contributed by atoms with E-state index in [2.05, 4.69) is 27.7 Å². The predicted molar refractivity (Wildman–Crippen MR) is 142 cm³/mol. The average molecular weight is 553 g/mol. The topological polar surface area (TPSA) is 94.0 Å². The fourth-order valence-corrected chi connectivity index (χ4v) is 5.67. The molecule has 1 aliphatic heterocycles. The first-order valence-corrected chi connectivity index (χ1v) is 13.4. The SMILES string of the molecule is CC1CCC(Cn2c(C(F)c3ccccc3F)cc3nc(C4NOC(=O)N4)nc(-c4cncc(Cl)c4)c32)CC1. The summed E-state index contributed by atoms with van der Waals surface area (Å²) in [4.78, 5) is 30.2. The molecular formula is C28H27ClF2N6O2. The number of hydroxylamine groups is 1. The molecule has 39 heavy (non-hydrogen) atoms. The highest BCUT2D eigenvalue weighted by molar-refractivity contribution is 6.30. The van der Waals surface area contributed by atoms with Gasteiger partial charge in [0.15, 0.2) is 18.2 Å². The first kappa shape index (κ1) is 25.6. The molecule has 11 heteroatoms. The summed E-state index contributed by atoms with van der Waals surface area (Å²) in [6.07, 6.45) is 4.16. The number of fused-ring (bicyclic) bond motifs is 1. The number of carbonyl (C=O) groups is 1. The van der Waals surface area contributed by atoms with Gasteiger partial charge >= 0.3 is 6.09 Å². The fourth-order valence-electron chi connectivity index (χ4n) is 5.50. The molecule has 2 fully saturated rings. The van der Waals surface area contributed by atoms with Crippen LogP contribution in [0.2, 0.25) is 5.02 Å². The molecule has 0 spiro atoms. The van der Waals surface area contributed by atoms with Crippen molar-refractivity contribution in [1.29, 1.82) is 0 Å². The van der Waals surface area contributed by atoms with Gasteiger partial charge in [-0.05, 0) is 42.9 Å². The van der Waals surface area contributed by atoms with Crippen molar-refractivity contribution in [2.24, 2.45) is 11.8 Å². The Morgan fingerprint density at radius 3 is 2.67 bits per heavy atom. The minimum Gasteiger partial charge on any atom is -0.351 e. The third-order valence-electron chi connectivity index (χ3n) is 7.58. The fraction of sp³-hybridized carbons (Fsp3) is 0.357. The summed E-state index contributed by atoms with van der Waals surface area (Å²) in [5, 5.41) is 3.01. The highest BCUT2D eigenvalue weighted by atomic mass is 35.5. The molecule has 1 aromatic carbocycles. The van der Waals surface area contributed by atoms with E-state index in [4.69, 9.17) is 21.4 Å². The van der Waals surface area contributed by atoms with E-state index in [0.29, 0.717) is 45.7 Å². The summed E-state index contributed by atoms with van der Waals surface area (Å²) in [5.41, 5.74) is 4.94. The van der Waals surface area contributed by atoms with E-state index in [0.717, 1.165) is 25.7 Å². The van der Waals surface area contributed by atoms with Crippen LogP contribution < -0.4 is 10.8 Å². The van der Waals surface area contributed by atoms with Crippen molar-refractivity contribution < 1.29 is 18.4 Å². The van der Waals surface area contributed by atoms with Crippen LogP contribution in [0.1, 0.15) is 62.0 Å². The lowest BCUT2D eigenvalue weighted by molar-refractivity contribution is 0.120. The van der Waals surface area contributed by atoms with Gasteiger partial charge in [-0.2, -0.15) is 0 Å². The number of nitrogens with one attached hydrogen (secondary N) is 2. The summed E-state index contributed by atoms with van der Waals surface area (Å²) in [5.74, 6) is 0.580. The molecular weight excluding hydrogens is 526 g/mol. The van der Waals surface area contributed by atoms with Gasteiger partial charge in [0, 0.05) is 30.1 Å². The second kappa shape index (κ2) is 10.5. The number of hydrogen-bond acceptors (Lipinski definition) is 6. The van der Waals surface area contributed by atoms with Crippen molar-refractivity contribution >= 4 is 28.7 Å². The van der Waals surface area contributed by atoms with Crippen molar-refractivity contribution in [3.63, 3.8) is 0 Å². The maximum absolute atomic E-state index is 16.3. The van der Waals surface area contributed by atoms with E-state index in [9.17, 15) is 9.18 Å². The zero-order valence-electron chi connectivity index (χ0n) is 21.2. The predicted octanol–water partition coefficient (Wildman–Crippen LogP) is 6.41. The van der Waals surface area contributed by atoms with Crippen molar-refractivity contribution in [3.05, 3.63) is 76.7 Å². The maximum Gasteiger partial charge on any atom is 0.427 e. The monoisotopic (exact) mass is 552 g/mol. The molecule has 0 radical (unpaired) electrons. The van der Waals surface area contributed by atoms with Gasteiger partial charge in [0.25, 0.3) is 0 Å². The Balaban J connectivity index is 1.57. The van der Waals surface area contributed by atoms with E-state index < -0.39 is 24.2 Å². The Hall–Kier alpha value is -3.63. The van der Waals surface area contributed by atoms with Gasteiger partial charge in [0.1, 0.15) is 11.5 Å². The largest absolute Gasteiger partial charge is 0.427 e. The van der Waals surface area contributed by atoms with E-state index >= 15 is 4.39 Å². The number of rotatable bonds is 6. The third kappa shape index (κ3) is 5.06. The summed E-state index contributed by atoms with van der Waals surface area (Å²) >= 11 is 6.29. The van der Waals surface area contributed by atoms with Crippen LogP contribution in [-0.4, -0.2) is 25.6 Å². The van der Waals surface area contributed by atoms with Gasteiger partial charge in [-0.15, -0.1) is 5.48 Å². The summed E-state index contributed by atoms with van der Waals surface area (Å²) < 4.78 is 32.9. The van der Waals surface area contributed by atoms with Crippen LogP contribution >= 0.6 is 11.6 Å². The van der Waals surface area contributed by atoms with Crippen molar-refractivity contribution in [3.8, 4) is 11.3 Å². The normalized spacial score (nSPS) is 22.1. The Kier molecular flexibility index (Phi) is 6.90. The first-order chi connectivity index (χ1) is 18.9. The maximum atomic E-state index is 16.3. The Morgan fingerprint density at radius 2 is 1.95 bits per heavy atom. The first-order valence-electron chi connectivity index (χ1n) is 13.0. The zero-order valence-corrected chi connectivity index (χ0v) is 22.0.